The van der Waals surface area contributed by atoms with Gasteiger partial charge in [0, 0.05) is 43.5 Å². The number of aromatic carboxylic acids is 1. The van der Waals surface area contributed by atoms with Gasteiger partial charge in [0.15, 0.2) is 5.82 Å². The largest absolute Gasteiger partial charge is 0.478 e. The molecular formula is C27H25F4N5O3. The van der Waals surface area contributed by atoms with E-state index in [1.54, 1.807) is 7.05 Å². The summed E-state index contributed by atoms with van der Waals surface area (Å²) in [7, 11) is 3.12. The number of carboxylic acid groups (broad SMARTS) is 1. The second-order valence-corrected chi connectivity index (χ2v) is 9.56. The van der Waals surface area contributed by atoms with Gasteiger partial charge in [0.1, 0.15) is 23.0 Å². The molecule has 0 unspecified atom stereocenters. The number of halogens is 4. The number of carboxylic acids is 1. The smallest absolute Gasteiger partial charge is 0.335 e. The zero-order valence-electron chi connectivity index (χ0n) is 21.1. The lowest BCUT2D eigenvalue weighted by Gasteiger charge is -2.32. The molecule has 5 rings (SSSR count). The summed E-state index contributed by atoms with van der Waals surface area (Å²) in [6, 6.07) is 5.02. The van der Waals surface area contributed by atoms with Crippen molar-refractivity contribution < 1.29 is 27.5 Å². The molecule has 12 heteroatoms. The first-order chi connectivity index (χ1) is 18.6. The number of pyridine rings is 2. The summed E-state index contributed by atoms with van der Waals surface area (Å²) >= 11 is 0. The molecule has 1 aromatic carbocycles. The van der Waals surface area contributed by atoms with Crippen LogP contribution in [0.1, 0.15) is 40.4 Å². The van der Waals surface area contributed by atoms with Gasteiger partial charge < -0.3 is 15.0 Å². The Hall–Kier alpha value is -4.19. The van der Waals surface area contributed by atoms with E-state index < -0.39 is 46.0 Å². The number of nitrogens with zero attached hydrogens (tertiary/aromatic N) is 4. The topological polar surface area (TPSA) is 92.4 Å². The van der Waals surface area contributed by atoms with Crippen LogP contribution in [0.15, 0.2) is 41.5 Å². The van der Waals surface area contributed by atoms with E-state index in [-0.39, 0.29) is 17.2 Å². The van der Waals surface area contributed by atoms with Gasteiger partial charge in [0.2, 0.25) is 5.82 Å². The summed E-state index contributed by atoms with van der Waals surface area (Å²) in [4.78, 5) is 30.2. The Morgan fingerprint density at radius 1 is 1.10 bits per heavy atom. The highest BCUT2D eigenvalue weighted by Gasteiger charge is 2.28. The second-order valence-electron chi connectivity index (χ2n) is 9.56. The van der Waals surface area contributed by atoms with Crippen LogP contribution < -0.4 is 10.9 Å². The Bertz CT molecular complexity index is 1630. The zero-order valence-corrected chi connectivity index (χ0v) is 21.1. The first-order valence-electron chi connectivity index (χ1n) is 12.3. The lowest BCUT2D eigenvalue weighted by molar-refractivity contribution is 0.0695. The number of benzene rings is 1. The molecular weight excluding hydrogens is 518 g/mol. The number of aryl methyl sites for hydroxylation is 1. The molecule has 0 atom stereocenters. The van der Waals surface area contributed by atoms with E-state index in [4.69, 9.17) is 5.11 Å². The second kappa shape index (κ2) is 10.2. The molecule has 2 N–H and O–H groups in total. The van der Waals surface area contributed by atoms with Crippen LogP contribution >= 0.6 is 0 Å². The molecule has 0 saturated carbocycles. The molecule has 4 aromatic rings. The van der Waals surface area contributed by atoms with Crippen LogP contribution in [0, 0.1) is 23.3 Å². The molecule has 204 valence electrons. The summed E-state index contributed by atoms with van der Waals surface area (Å²) in [5, 5.41) is 11.9. The van der Waals surface area contributed by atoms with E-state index in [0.29, 0.717) is 43.5 Å². The minimum atomic E-state index is -1.39. The summed E-state index contributed by atoms with van der Waals surface area (Å²) in [6.07, 6.45) is 3.34. The first-order valence-corrected chi connectivity index (χ1v) is 12.3. The maximum absolute atomic E-state index is 14.6. The van der Waals surface area contributed by atoms with Gasteiger partial charge in [-0.3, -0.25) is 14.3 Å². The molecule has 1 saturated heterocycles. The van der Waals surface area contributed by atoms with E-state index in [1.807, 2.05) is 10.6 Å². The van der Waals surface area contributed by atoms with Crippen molar-refractivity contribution in [1.29, 1.82) is 0 Å². The molecule has 0 spiro atoms. The number of anilines is 1. The van der Waals surface area contributed by atoms with Gasteiger partial charge in [-0.15, -0.1) is 0 Å². The number of nitrogens with one attached hydrogen (secondary N) is 1. The number of fused-ring (bicyclic) bond motifs is 1. The van der Waals surface area contributed by atoms with Crippen molar-refractivity contribution in [3.05, 3.63) is 87.1 Å². The minimum Gasteiger partial charge on any atom is -0.478 e. The van der Waals surface area contributed by atoms with Gasteiger partial charge in [-0.1, -0.05) is 0 Å². The third-order valence-electron chi connectivity index (χ3n) is 7.33. The molecule has 0 amide bonds. The third kappa shape index (κ3) is 4.65. The quantitative estimate of drug-likeness (QED) is 0.351. The van der Waals surface area contributed by atoms with Crippen LogP contribution in [-0.2, 0) is 13.6 Å². The monoisotopic (exact) mass is 543 g/mol. The van der Waals surface area contributed by atoms with Gasteiger partial charge in [-0.2, -0.15) is 4.39 Å². The van der Waals surface area contributed by atoms with E-state index in [9.17, 15) is 27.2 Å². The summed E-state index contributed by atoms with van der Waals surface area (Å²) in [5.41, 5.74) is -0.402. The molecule has 0 radical (unpaired) electrons. The molecule has 0 bridgehead atoms. The SMILES string of the molecule is CNc1c(F)cn(-c2ccnc3c2cc(CN2CCC(c4c(F)cc(C(=O)O)cc4F)CC2)n3C)c(=O)c1F. The molecule has 1 aliphatic heterocycles. The van der Waals surface area contributed by atoms with Crippen molar-refractivity contribution >= 4 is 22.7 Å². The molecule has 8 nitrogen and oxygen atoms in total. The lowest BCUT2D eigenvalue weighted by Crippen LogP contribution is -2.33. The molecule has 0 aliphatic carbocycles. The fraction of sp³-hybridized carbons (Fsp3) is 0.296. The Morgan fingerprint density at radius 2 is 1.77 bits per heavy atom. The lowest BCUT2D eigenvalue weighted by atomic mass is 9.88. The van der Waals surface area contributed by atoms with Crippen molar-refractivity contribution in [3.8, 4) is 5.69 Å². The number of carbonyl (C=O) groups is 1. The number of likely N-dealkylation sites (tertiary alicyclic amines) is 1. The molecule has 4 heterocycles. The highest BCUT2D eigenvalue weighted by atomic mass is 19.1. The average Bonchev–Trinajstić information content (AvgIpc) is 3.22. The predicted molar refractivity (Wildman–Crippen MR) is 136 cm³/mol. The summed E-state index contributed by atoms with van der Waals surface area (Å²) in [6.45, 7) is 1.54. The van der Waals surface area contributed by atoms with E-state index in [1.165, 1.54) is 19.3 Å². The highest BCUT2D eigenvalue weighted by molar-refractivity contribution is 5.88. The number of hydrogen-bond acceptors (Lipinski definition) is 5. The van der Waals surface area contributed by atoms with Gasteiger partial charge >= 0.3 is 5.97 Å². The van der Waals surface area contributed by atoms with Crippen molar-refractivity contribution in [2.45, 2.75) is 25.3 Å². The molecule has 39 heavy (non-hydrogen) atoms. The first kappa shape index (κ1) is 26.4. The number of hydrogen-bond donors (Lipinski definition) is 2. The standard InChI is InChI=1S/C27H25F4N5O3/c1-32-24-20(30)13-36(26(37)23(24)31)21-3-6-33-25-17(21)11-16(34(25)2)12-35-7-4-14(5-8-35)22-18(28)9-15(27(38)39)10-19(22)29/h3,6,9-11,13-14,32H,4-5,7-8,12H2,1-2H3,(H,38,39). The molecule has 1 aliphatic rings. The van der Waals surface area contributed by atoms with Crippen LogP contribution in [0.3, 0.4) is 0 Å². The van der Waals surface area contributed by atoms with Gasteiger partial charge in [-0.25, -0.2) is 22.9 Å². The van der Waals surface area contributed by atoms with Crippen LogP contribution in [0.5, 0.6) is 0 Å². The van der Waals surface area contributed by atoms with E-state index >= 15 is 0 Å². The number of rotatable bonds is 6. The van der Waals surface area contributed by atoms with Crippen LogP contribution in [0.4, 0.5) is 23.2 Å². The fourth-order valence-electron chi connectivity index (χ4n) is 5.29. The highest BCUT2D eigenvalue weighted by Crippen LogP contribution is 2.33. The Kier molecular flexibility index (Phi) is 6.89. The minimum absolute atomic E-state index is 0.0905. The van der Waals surface area contributed by atoms with Gasteiger partial charge in [-0.05, 0) is 56.1 Å². The van der Waals surface area contributed by atoms with Crippen LogP contribution in [-0.4, -0.2) is 50.2 Å². The third-order valence-corrected chi connectivity index (χ3v) is 7.33. The van der Waals surface area contributed by atoms with Gasteiger partial charge in [0.25, 0.3) is 5.56 Å². The Labute approximate surface area is 220 Å². The zero-order chi connectivity index (χ0) is 28.0. The molecule has 3 aromatic heterocycles. The Morgan fingerprint density at radius 3 is 2.38 bits per heavy atom. The van der Waals surface area contributed by atoms with Crippen molar-refractivity contribution in [1.82, 2.24) is 19.0 Å². The van der Waals surface area contributed by atoms with Crippen molar-refractivity contribution in [2.24, 2.45) is 7.05 Å². The maximum Gasteiger partial charge on any atom is 0.335 e. The predicted octanol–water partition coefficient (Wildman–Crippen LogP) is 4.40. The van der Waals surface area contributed by atoms with Gasteiger partial charge in [0.05, 0.1) is 17.4 Å². The van der Waals surface area contributed by atoms with E-state index in [0.717, 1.165) is 28.6 Å². The summed E-state index contributed by atoms with van der Waals surface area (Å²) < 4.78 is 60.9. The molecule has 1 fully saturated rings. The Balaban J connectivity index is 1.39. The van der Waals surface area contributed by atoms with Crippen LogP contribution in [0.25, 0.3) is 16.7 Å². The average molecular weight is 544 g/mol. The van der Waals surface area contributed by atoms with Crippen LogP contribution in [0.2, 0.25) is 0 Å². The summed E-state index contributed by atoms with van der Waals surface area (Å²) in [5.74, 6) is -5.64. The number of piperidine rings is 1. The normalized spacial score (nSPS) is 14.7. The van der Waals surface area contributed by atoms with E-state index in [2.05, 4.69) is 15.2 Å². The fourth-order valence-corrected chi connectivity index (χ4v) is 5.29. The van der Waals surface area contributed by atoms with Crippen molar-refractivity contribution in [3.63, 3.8) is 0 Å². The van der Waals surface area contributed by atoms with Crippen molar-refractivity contribution in [2.75, 3.05) is 25.5 Å². The number of aromatic nitrogens is 3. The maximum atomic E-state index is 14.6.